The quantitative estimate of drug-likeness (QED) is 0.0500. The van der Waals surface area contributed by atoms with Gasteiger partial charge in [-0.05, 0) is 111 Å². The first-order valence-electron chi connectivity index (χ1n) is 28.4. The first-order chi connectivity index (χ1) is 37.6. The molecule has 0 unspecified atom stereocenters. The third kappa shape index (κ3) is 9.93. The van der Waals surface area contributed by atoms with Crippen LogP contribution in [0.2, 0.25) is 0 Å². The van der Waals surface area contributed by atoms with Crippen LogP contribution in [0.1, 0.15) is 106 Å². The van der Waals surface area contributed by atoms with E-state index in [1.54, 1.807) is 0 Å². The van der Waals surface area contributed by atoms with Gasteiger partial charge in [-0.2, -0.15) is 0 Å². The number of rotatable bonds is 13. The highest BCUT2D eigenvalue weighted by atomic mass is 16.8. The van der Waals surface area contributed by atoms with E-state index in [9.17, 15) is 81.1 Å². The summed E-state index contributed by atoms with van der Waals surface area (Å²) in [7, 11) is 1.35. The lowest BCUT2D eigenvalue weighted by molar-refractivity contribution is -0.385. The van der Waals surface area contributed by atoms with Crippen LogP contribution in [0.15, 0.2) is 11.6 Å². The second-order valence-corrected chi connectivity index (χ2v) is 26.2. The maximum atomic E-state index is 14.9. The molecule has 4 saturated heterocycles. The highest BCUT2D eigenvalue weighted by Crippen LogP contribution is 2.76. The molecule has 458 valence electrons. The molecule has 0 bridgehead atoms. The molecule has 0 aromatic carbocycles. The first-order valence-corrected chi connectivity index (χ1v) is 28.4. The summed E-state index contributed by atoms with van der Waals surface area (Å²) < 4.78 is 52.7. The number of ether oxygens (including phenoxy) is 9. The molecule has 80 heavy (non-hydrogen) atoms. The van der Waals surface area contributed by atoms with Gasteiger partial charge in [0.15, 0.2) is 18.9 Å². The number of esters is 2. The number of hydrogen-bond acceptors (Lipinski definition) is 25. The standard InChI is InChI=1S/C55H88O25/c1-50(2)29-10-13-54(6)30(9-8-23-24-18-51(3,48(70)72-7)14-16-55(24,17-15-53(23,54)5)49(71)80-45-39(67)37(65)33(61)26(20-57)74-45)52(29,4)12-11-31(50)77-46-40(68)42(34(62)27(21-58)75-46)79-47-41(69)43(35(63)28(22-59)76-47)78-44-38(66)36(64)32(60)25(19-56)73-44/h8,24-47,56-69H,9-22H2,1-7H3/t24-,25+,26+,27+,28+,29-,30+,31-,32+,33+,34+,35-,36-,37-,38+,39+,40+,41+,42-,43-,44-,45-,46-,47-,51-,52-,53+,54+,55-/m0/s1. The molecule has 14 N–H and O–H groups in total. The molecule has 25 nitrogen and oxygen atoms in total. The Hall–Kier alpha value is -2.16. The molecule has 0 aromatic rings. The molecule has 29 atom stereocenters. The molecular formula is C55H88O25. The van der Waals surface area contributed by atoms with E-state index in [0.29, 0.717) is 38.5 Å². The number of carbonyl (C=O) groups excluding carboxylic acids is 2. The van der Waals surface area contributed by atoms with E-state index in [-0.39, 0.29) is 35.5 Å². The van der Waals surface area contributed by atoms with Crippen molar-refractivity contribution in [2.75, 3.05) is 33.5 Å². The van der Waals surface area contributed by atoms with Gasteiger partial charge in [0.1, 0.15) is 97.7 Å². The largest absolute Gasteiger partial charge is 0.469 e. The maximum absolute atomic E-state index is 14.9. The van der Waals surface area contributed by atoms with Crippen LogP contribution in [-0.2, 0) is 52.2 Å². The van der Waals surface area contributed by atoms with Crippen LogP contribution in [0.25, 0.3) is 0 Å². The van der Waals surface area contributed by atoms with E-state index in [2.05, 4.69) is 40.7 Å². The molecule has 0 amide bonds. The van der Waals surface area contributed by atoms with E-state index in [1.165, 1.54) is 7.11 Å². The summed E-state index contributed by atoms with van der Waals surface area (Å²) in [5.41, 5.74) is -2.71. The molecule has 9 rings (SSSR count). The Morgan fingerprint density at radius 1 is 0.525 bits per heavy atom. The van der Waals surface area contributed by atoms with E-state index < -0.39 is 195 Å². The number of allylic oxidation sites excluding steroid dienone is 2. The average Bonchev–Trinajstić information content (AvgIpc) is 2.28. The van der Waals surface area contributed by atoms with Gasteiger partial charge in [-0.3, -0.25) is 9.59 Å². The normalized spacial score (nSPS) is 53.0. The van der Waals surface area contributed by atoms with E-state index >= 15 is 0 Å². The fourth-order valence-corrected chi connectivity index (χ4v) is 16.8. The third-order valence-corrected chi connectivity index (χ3v) is 21.9. The first kappa shape index (κ1) is 62.4. The average molecular weight is 1150 g/mol. The van der Waals surface area contributed by atoms with E-state index in [0.717, 1.165) is 18.4 Å². The number of hydrogen-bond donors (Lipinski definition) is 14. The predicted molar refractivity (Wildman–Crippen MR) is 269 cm³/mol. The van der Waals surface area contributed by atoms with Crippen LogP contribution >= 0.6 is 0 Å². The van der Waals surface area contributed by atoms with Crippen molar-refractivity contribution in [1.29, 1.82) is 0 Å². The summed E-state index contributed by atoms with van der Waals surface area (Å²) in [4.78, 5) is 28.5. The lowest BCUT2D eigenvalue weighted by atomic mass is 9.33. The number of aliphatic hydroxyl groups excluding tert-OH is 14. The Bertz CT molecular complexity index is 2240. The van der Waals surface area contributed by atoms with Crippen molar-refractivity contribution in [3.8, 4) is 0 Å². The van der Waals surface area contributed by atoms with Gasteiger partial charge in [0, 0.05) is 0 Å². The van der Waals surface area contributed by atoms with Gasteiger partial charge < -0.3 is 114 Å². The van der Waals surface area contributed by atoms with Gasteiger partial charge in [0.05, 0.1) is 50.5 Å². The van der Waals surface area contributed by atoms with Gasteiger partial charge >= 0.3 is 11.9 Å². The van der Waals surface area contributed by atoms with Gasteiger partial charge in [0.25, 0.3) is 0 Å². The number of fused-ring (bicyclic) bond motifs is 7. The Morgan fingerprint density at radius 2 is 1.00 bits per heavy atom. The molecule has 4 saturated carbocycles. The number of methoxy groups -OCH3 is 1. The molecule has 9 aliphatic rings. The van der Waals surface area contributed by atoms with Crippen LogP contribution in [-0.4, -0.2) is 246 Å². The van der Waals surface area contributed by atoms with Gasteiger partial charge in [0.2, 0.25) is 6.29 Å². The lowest BCUT2D eigenvalue weighted by Crippen LogP contribution is -2.67. The van der Waals surface area contributed by atoms with E-state index in [4.69, 9.17) is 42.6 Å². The number of carbonyl (C=O) groups is 2. The molecular weight excluding hydrogens is 1060 g/mol. The maximum Gasteiger partial charge on any atom is 0.315 e. The smallest absolute Gasteiger partial charge is 0.315 e. The summed E-state index contributed by atoms with van der Waals surface area (Å²) in [5.74, 6) is -1.37. The van der Waals surface area contributed by atoms with Crippen molar-refractivity contribution in [2.45, 2.75) is 235 Å². The second-order valence-electron chi connectivity index (χ2n) is 26.2. The van der Waals surface area contributed by atoms with Crippen LogP contribution < -0.4 is 0 Å². The summed E-state index contributed by atoms with van der Waals surface area (Å²) in [6, 6.07) is 0. The molecule has 0 spiro atoms. The second kappa shape index (κ2) is 22.9. The summed E-state index contributed by atoms with van der Waals surface area (Å²) in [5, 5.41) is 150. The number of aliphatic hydroxyl groups is 14. The van der Waals surface area contributed by atoms with Crippen LogP contribution in [0.5, 0.6) is 0 Å². The Morgan fingerprint density at radius 3 is 1.52 bits per heavy atom. The van der Waals surface area contributed by atoms with Crippen molar-refractivity contribution in [1.82, 2.24) is 0 Å². The van der Waals surface area contributed by atoms with Crippen molar-refractivity contribution >= 4 is 11.9 Å². The summed E-state index contributed by atoms with van der Waals surface area (Å²) in [6.45, 7) is 9.92. The Balaban J connectivity index is 0.936. The highest BCUT2D eigenvalue weighted by Gasteiger charge is 2.71. The van der Waals surface area contributed by atoms with Crippen LogP contribution in [0, 0.1) is 50.2 Å². The molecule has 0 aromatic heterocycles. The third-order valence-electron chi connectivity index (χ3n) is 21.9. The van der Waals surface area contributed by atoms with Gasteiger partial charge in [-0.1, -0.05) is 46.3 Å². The molecule has 25 heteroatoms. The Kier molecular flexibility index (Phi) is 17.9. The van der Waals surface area contributed by atoms with Crippen molar-refractivity contribution < 1.29 is 124 Å². The fraction of sp³-hybridized carbons (Fsp3) is 0.927. The Labute approximate surface area is 464 Å². The molecule has 8 fully saturated rings. The zero-order valence-electron chi connectivity index (χ0n) is 46.6. The molecule has 5 aliphatic carbocycles. The van der Waals surface area contributed by atoms with Crippen molar-refractivity contribution in [3.63, 3.8) is 0 Å². The highest BCUT2D eigenvalue weighted by molar-refractivity contribution is 5.81. The monoisotopic (exact) mass is 1150 g/mol. The molecule has 4 heterocycles. The lowest BCUT2D eigenvalue weighted by Gasteiger charge is -2.71. The van der Waals surface area contributed by atoms with Crippen LogP contribution in [0.3, 0.4) is 0 Å². The van der Waals surface area contributed by atoms with Gasteiger partial charge in [-0.15, -0.1) is 0 Å². The SMILES string of the molecule is COC(=O)[C@@]1(C)CC[C@]2(C(=O)O[C@@H]3O[C@H](CO)[C@@H](O)[C@H](O)[C@H]3O)CC[C@]3(C)C(=CC[C@@H]4[C@@]5(C)CC[C@H](O[C@@H]6O[C@H](CO)[C@@H](O)[C@H](O[C@@H]7O[C@H](CO)[C@H](O)[C@H](O[C@@H]8O[C@H](CO)[C@@H](O)[C@H](O)[C@H]8O)[C@H]7O)[C@H]6O)C(C)(C)[C@@H]5CC[C@]43C)[C@@H]2C1. The van der Waals surface area contributed by atoms with Crippen molar-refractivity contribution in [2.24, 2.45) is 50.2 Å². The summed E-state index contributed by atoms with van der Waals surface area (Å²) in [6.07, 6.45) is -27.1. The van der Waals surface area contributed by atoms with Crippen LogP contribution in [0.4, 0.5) is 0 Å². The summed E-state index contributed by atoms with van der Waals surface area (Å²) >= 11 is 0. The van der Waals surface area contributed by atoms with Gasteiger partial charge in [-0.25, -0.2) is 0 Å². The zero-order chi connectivity index (χ0) is 58.6. The fourth-order valence-electron chi connectivity index (χ4n) is 16.8. The molecule has 4 aliphatic heterocycles. The van der Waals surface area contributed by atoms with E-state index in [1.807, 2.05) is 6.92 Å². The topological polar surface area (TPSA) is 400 Å². The minimum atomic E-state index is -1.99. The van der Waals surface area contributed by atoms with Crippen molar-refractivity contribution in [3.05, 3.63) is 11.6 Å². The zero-order valence-corrected chi connectivity index (χ0v) is 46.6. The minimum absolute atomic E-state index is 0.0409. The minimum Gasteiger partial charge on any atom is -0.469 e. The predicted octanol–water partition coefficient (Wildman–Crippen LogP) is -2.88. The molecule has 0 radical (unpaired) electrons.